The zero-order valence-electron chi connectivity index (χ0n) is 9.68. The standard InChI is InChI=1S/C11H21N3O/c1-4-7-13-10(12-3)14-9-11(2)6-5-8-15-11/h4H,1,5-9H2,2-3H3,(H2,12,13,14). The third kappa shape index (κ3) is 3.91. The van der Waals surface area contributed by atoms with Gasteiger partial charge in [-0.05, 0) is 19.8 Å². The maximum Gasteiger partial charge on any atom is 0.191 e. The van der Waals surface area contributed by atoms with Gasteiger partial charge in [0.2, 0.25) is 0 Å². The molecule has 0 bridgehead atoms. The fourth-order valence-corrected chi connectivity index (χ4v) is 1.64. The molecule has 15 heavy (non-hydrogen) atoms. The molecule has 0 aliphatic carbocycles. The molecule has 1 aliphatic heterocycles. The second kappa shape index (κ2) is 5.75. The average molecular weight is 211 g/mol. The molecule has 0 aromatic heterocycles. The summed E-state index contributed by atoms with van der Waals surface area (Å²) in [6, 6.07) is 0. The van der Waals surface area contributed by atoms with Crippen molar-refractivity contribution < 1.29 is 4.74 Å². The van der Waals surface area contributed by atoms with E-state index >= 15 is 0 Å². The molecule has 1 heterocycles. The molecule has 1 unspecified atom stereocenters. The van der Waals surface area contributed by atoms with Crippen LogP contribution in [0, 0.1) is 0 Å². The van der Waals surface area contributed by atoms with Gasteiger partial charge in [-0.1, -0.05) is 6.08 Å². The van der Waals surface area contributed by atoms with Crippen molar-refractivity contribution in [3.8, 4) is 0 Å². The monoisotopic (exact) mass is 211 g/mol. The fourth-order valence-electron chi connectivity index (χ4n) is 1.64. The van der Waals surface area contributed by atoms with Gasteiger partial charge >= 0.3 is 0 Å². The van der Waals surface area contributed by atoms with Crippen LogP contribution in [0.2, 0.25) is 0 Å². The smallest absolute Gasteiger partial charge is 0.191 e. The van der Waals surface area contributed by atoms with E-state index in [0.717, 1.165) is 38.5 Å². The summed E-state index contributed by atoms with van der Waals surface area (Å²) >= 11 is 0. The average Bonchev–Trinajstić information content (AvgIpc) is 2.66. The Kier molecular flexibility index (Phi) is 4.62. The molecular formula is C11H21N3O. The van der Waals surface area contributed by atoms with Crippen LogP contribution >= 0.6 is 0 Å². The minimum Gasteiger partial charge on any atom is -0.373 e. The minimum absolute atomic E-state index is 0.0359. The van der Waals surface area contributed by atoms with E-state index in [9.17, 15) is 0 Å². The zero-order valence-corrected chi connectivity index (χ0v) is 9.68. The number of guanidine groups is 1. The van der Waals surface area contributed by atoms with Crippen molar-refractivity contribution in [2.45, 2.75) is 25.4 Å². The van der Waals surface area contributed by atoms with Crippen molar-refractivity contribution in [2.75, 3.05) is 26.7 Å². The van der Waals surface area contributed by atoms with Crippen LogP contribution in [0.4, 0.5) is 0 Å². The van der Waals surface area contributed by atoms with Crippen LogP contribution in [0.15, 0.2) is 17.6 Å². The lowest BCUT2D eigenvalue weighted by atomic mass is 10.0. The van der Waals surface area contributed by atoms with Gasteiger partial charge in [-0.25, -0.2) is 0 Å². The summed E-state index contributed by atoms with van der Waals surface area (Å²) in [7, 11) is 1.76. The molecule has 0 aromatic carbocycles. The SMILES string of the molecule is C=CCNC(=NC)NCC1(C)CCCO1. The molecule has 4 heteroatoms. The van der Waals surface area contributed by atoms with E-state index in [1.165, 1.54) is 0 Å². The Bertz CT molecular complexity index is 232. The van der Waals surface area contributed by atoms with Crippen LogP contribution in [0.5, 0.6) is 0 Å². The first kappa shape index (κ1) is 12.0. The third-order valence-electron chi connectivity index (χ3n) is 2.57. The number of nitrogens with zero attached hydrogens (tertiary/aromatic N) is 1. The maximum atomic E-state index is 5.67. The van der Waals surface area contributed by atoms with Gasteiger partial charge in [-0.15, -0.1) is 6.58 Å². The number of aliphatic imine (C=N–C) groups is 1. The Morgan fingerprint density at radius 2 is 2.40 bits per heavy atom. The second-order valence-corrected chi connectivity index (χ2v) is 4.00. The Labute approximate surface area is 91.8 Å². The van der Waals surface area contributed by atoms with Crippen molar-refractivity contribution in [3.63, 3.8) is 0 Å². The fraction of sp³-hybridized carbons (Fsp3) is 0.727. The van der Waals surface area contributed by atoms with E-state index in [1.54, 1.807) is 13.1 Å². The predicted molar refractivity (Wildman–Crippen MR) is 63.2 cm³/mol. The number of nitrogens with one attached hydrogen (secondary N) is 2. The largest absolute Gasteiger partial charge is 0.373 e. The molecule has 1 aliphatic rings. The molecule has 86 valence electrons. The highest BCUT2D eigenvalue weighted by molar-refractivity contribution is 5.79. The van der Waals surface area contributed by atoms with E-state index in [2.05, 4.69) is 29.1 Å². The molecule has 0 radical (unpaired) electrons. The molecule has 0 saturated carbocycles. The number of hydrogen-bond acceptors (Lipinski definition) is 2. The first-order valence-corrected chi connectivity index (χ1v) is 5.39. The van der Waals surface area contributed by atoms with Gasteiger partial charge in [0.1, 0.15) is 0 Å². The molecule has 1 fully saturated rings. The van der Waals surface area contributed by atoms with Crippen LogP contribution in [0.1, 0.15) is 19.8 Å². The third-order valence-corrected chi connectivity index (χ3v) is 2.57. The lowest BCUT2D eigenvalue weighted by molar-refractivity contribution is 0.0243. The lowest BCUT2D eigenvalue weighted by Gasteiger charge is -2.24. The van der Waals surface area contributed by atoms with E-state index < -0.39 is 0 Å². The summed E-state index contributed by atoms with van der Waals surface area (Å²) < 4.78 is 5.67. The molecule has 1 atom stereocenters. The highest BCUT2D eigenvalue weighted by atomic mass is 16.5. The maximum absolute atomic E-state index is 5.67. The normalized spacial score (nSPS) is 26.4. The summed E-state index contributed by atoms with van der Waals surface area (Å²) in [5.74, 6) is 0.798. The zero-order chi connectivity index (χ0) is 11.1. The van der Waals surface area contributed by atoms with Gasteiger partial charge in [0.05, 0.1) is 5.60 Å². The topological polar surface area (TPSA) is 45.7 Å². The number of ether oxygens (including phenoxy) is 1. The molecule has 2 N–H and O–H groups in total. The quantitative estimate of drug-likeness (QED) is 0.413. The molecular weight excluding hydrogens is 190 g/mol. The van der Waals surface area contributed by atoms with Gasteiger partial charge in [0, 0.05) is 26.7 Å². The van der Waals surface area contributed by atoms with Gasteiger partial charge in [0.15, 0.2) is 5.96 Å². The lowest BCUT2D eigenvalue weighted by Crippen LogP contribution is -2.45. The number of rotatable bonds is 4. The summed E-state index contributed by atoms with van der Waals surface area (Å²) in [5, 5.41) is 6.38. The summed E-state index contributed by atoms with van der Waals surface area (Å²) in [6.45, 7) is 8.17. The van der Waals surface area contributed by atoms with E-state index in [0.29, 0.717) is 0 Å². The second-order valence-electron chi connectivity index (χ2n) is 4.00. The van der Waals surface area contributed by atoms with E-state index in [4.69, 9.17) is 4.74 Å². The van der Waals surface area contributed by atoms with Crippen molar-refractivity contribution in [3.05, 3.63) is 12.7 Å². The molecule has 0 spiro atoms. The predicted octanol–water partition coefficient (Wildman–Crippen LogP) is 0.906. The van der Waals surface area contributed by atoms with Gasteiger partial charge < -0.3 is 15.4 Å². The van der Waals surface area contributed by atoms with Gasteiger partial charge in [-0.3, -0.25) is 4.99 Å². The highest BCUT2D eigenvalue weighted by Gasteiger charge is 2.29. The summed E-state index contributed by atoms with van der Waals surface area (Å²) in [5.41, 5.74) is -0.0359. The van der Waals surface area contributed by atoms with Crippen molar-refractivity contribution in [1.82, 2.24) is 10.6 Å². The molecule has 0 aromatic rings. The number of hydrogen-bond donors (Lipinski definition) is 2. The van der Waals surface area contributed by atoms with Crippen LogP contribution in [0.25, 0.3) is 0 Å². The van der Waals surface area contributed by atoms with Gasteiger partial charge in [0.25, 0.3) is 0 Å². The minimum atomic E-state index is -0.0359. The van der Waals surface area contributed by atoms with E-state index in [1.807, 2.05) is 0 Å². The van der Waals surface area contributed by atoms with Crippen molar-refractivity contribution in [2.24, 2.45) is 4.99 Å². The van der Waals surface area contributed by atoms with Crippen LogP contribution < -0.4 is 10.6 Å². The Hall–Kier alpha value is -1.03. The Morgan fingerprint density at radius 1 is 1.60 bits per heavy atom. The molecule has 0 amide bonds. The summed E-state index contributed by atoms with van der Waals surface area (Å²) in [6.07, 6.45) is 4.07. The Balaban J connectivity index is 2.30. The Morgan fingerprint density at radius 3 is 2.93 bits per heavy atom. The van der Waals surface area contributed by atoms with Crippen LogP contribution in [-0.2, 0) is 4.74 Å². The van der Waals surface area contributed by atoms with Gasteiger partial charge in [-0.2, -0.15) is 0 Å². The first-order valence-electron chi connectivity index (χ1n) is 5.39. The first-order chi connectivity index (χ1) is 7.20. The molecule has 4 nitrogen and oxygen atoms in total. The van der Waals surface area contributed by atoms with Crippen molar-refractivity contribution >= 4 is 5.96 Å². The van der Waals surface area contributed by atoms with Crippen LogP contribution in [-0.4, -0.2) is 38.3 Å². The summed E-state index contributed by atoms with van der Waals surface area (Å²) in [4.78, 5) is 4.11. The van der Waals surface area contributed by atoms with Crippen molar-refractivity contribution in [1.29, 1.82) is 0 Å². The molecule has 1 rings (SSSR count). The highest BCUT2D eigenvalue weighted by Crippen LogP contribution is 2.23. The molecule has 1 saturated heterocycles. The van der Waals surface area contributed by atoms with Crippen LogP contribution in [0.3, 0.4) is 0 Å². The van der Waals surface area contributed by atoms with E-state index in [-0.39, 0.29) is 5.60 Å².